The van der Waals surface area contributed by atoms with E-state index in [1.165, 1.54) is 0 Å². The van der Waals surface area contributed by atoms with Crippen molar-refractivity contribution in [2.75, 3.05) is 13.7 Å². The highest BCUT2D eigenvalue weighted by Gasteiger charge is 2.30. The van der Waals surface area contributed by atoms with Gasteiger partial charge in [0.1, 0.15) is 5.75 Å². The number of aromatic nitrogens is 2. The summed E-state index contributed by atoms with van der Waals surface area (Å²) in [6.07, 6.45) is 5.70. The Morgan fingerprint density at radius 3 is 2.78 bits per heavy atom. The molecule has 1 aliphatic rings. The summed E-state index contributed by atoms with van der Waals surface area (Å²) in [6.45, 7) is 1.49. The topological polar surface area (TPSA) is 47.4 Å². The van der Waals surface area contributed by atoms with Crippen molar-refractivity contribution in [3.8, 4) is 5.75 Å². The molecule has 0 spiro atoms. The number of benzene rings is 2. The second-order valence-corrected chi connectivity index (χ2v) is 6.83. The van der Waals surface area contributed by atoms with Gasteiger partial charge in [0.15, 0.2) is 0 Å². The van der Waals surface area contributed by atoms with Gasteiger partial charge in [0.05, 0.1) is 19.7 Å². The molecule has 0 radical (unpaired) electrons. The van der Waals surface area contributed by atoms with Crippen LogP contribution in [-0.2, 0) is 6.54 Å². The molecule has 0 aliphatic carbocycles. The fourth-order valence-electron chi connectivity index (χ4n) is 3.70. The van der Waals surface area contributed by atoms with Crippen molar-refractivity contribution in [1.82, 2.24) is 14.7 Å². The molecular formula is C22H23N3O2. The molecule has 4 rings (SSSR count). The lowest BCUT2D eigenvalue weighted by Gasteiger charge is -2.25. The van der Waals surface area contributed by atoms with Crippen LogP contribution in [0.25, 0.3) is 0 Å². The number of nitrogens with zero attached hydrogens (tertiary/aromatic N) is 3. The van der Waals surface area contributed by atoms with Crippen molar-refractivity contribution in [1.29, 1.82) is 0 Å². The Kier molecular flexibility index (Phi) is 4.92. The maximum Gasteiger partial charge on any atom is 0.254 e. The van der Waals surface area contributed by atoms with Crippen LogP contribution in [0.5, 0.6) is 5.75 Å². The number of carbonyl (C=O) groups excluding carboxylic acids is 1. The van der Waals surface area contributed by atoms with Gasteiger partial charge in [0.25, 0.3) is 5.91 Å². The highest BCUT2D eigenvalue weighted by atomic mass is 16.5. The zero-order valence-corrected chi connectivity index (χ0v) is 15.4. The van der Waals surface area contributed by atoms with Gasteiger partial charge in [-0.25, -0.2) is 0 Å². The highest BCUT2D eigenvalue weighted by Crippen LogP contribution is 2.34. The number of ether oxygens (including phenoxy) is 1. The Hall–Kier alpha value is -3.08. The van der Waals surface area contributed by atoms with E-state index in [9.17, 15) is 4.79 Å². The lowest BCUT2D eigenvalue weighted by molar-refractivity contribution is 0.0735. The summed E-state index contributed by atoms with van der Waals surface area (Å²) in [4.78, 5) is 15.1. The van der Waals surface area contributed by atoms with Gasteiger partial charge in [-0.3, -0.25) is 9.48 Å². The predicted octanol–water partition coefficient (Wildman–Crippen LogP) is 3.92. The van der Waals surface area contributed by atoms with E-state index >= 15 is 0 Å². The first-order valence-electron chi connectivity index (χ1n) is 9.26. The Bertz CT molecular complexity index is 904. The zero-order valence-electron chi connectivity index (χ0n) is 15.4. The van der Waals surface area contributed by atoms with Gasteiger partial charge >= 0.3 is 0 Å². The maximum atomic E-state index is 13.1. The number of likely N-dealkylation sites (tertiary alicyclic amines) is 1. The van der Waals surface area contributed by atoms with Crippen LogP contribution < -0.4 is 4.74 Å². The fourth-order valence-corrected chi connectivity index (χ4v) is 3.70. The lowest BCUT2D eigenvalue weighted by atomic mass is 10.0. The van der Waals surface area contributed by atoms with Crippen LogP contribution in [0.4, 0.5) is 0 Å². The maximum absolute atomic E-state index is 13.1. The minimum Gasteiger partial charge on any atom is -0.497 e. The van der Waals surface area contributed by atoms with Crippen LogP contribution in [0, 0.1) is 0 Å². The predicted molar refractivity (Wildman–Crippen MR) is 104 cm³/mol. The van der Waals surface area contributed by atoms with Gasteiger partial charge in [-0.1, -0.05) is 24.3 Å². The Balaban J connectivity index is 1.50. The van der Waals surface area contributed by atoms with Crippen LogP contribution in [0.1, 0.15) is 40.4 Å². The molecule has 0 bridgehead atoms. The van der Waals surface area contributed by atoms with Crippen LogP contribution in [0.2, 0.25) is 0 Å². The first-order chi connectivity index (χ1) is 13.2. The summed E-state index contributed by atoms with van der Waals surface area (Å²) in [5.74, 6) is 0.917. The lowest BCUT2D eigenvalue weighted by Crippen LogP contribution is -2.30. The third-order valence-corrected chi connectivity index (χ3v) is 5.10. The van der Waals surface area contributed by atoms with Gasteiger partial charge in [-0.2, -0.15) is 5.10 Å². The van der Waals surface area contributed by atoms with E-state index in [0.717, 1.165) is 41.8 Å². The molecule has 5 heteroatoms. The third kappa shape index (κ3) is 3.72. The van der Waals surface area contributed by atoms with Crippen molar-refractivity contribution in [2.24, 2.45) is 0 Å². The molecule has 27 heavy (non-hydrogen) atoms. The van der Waals surface area contributed by atoms with Crippen LogP contribution >= 0.6 is 0 Å². The molecule has 5 nitrogen and oxygen atoms in total. The van der Waals surface area contributed by atoms with Crippen LogP contribution in [0.15, 0.2) is 67.0 Å². The van der Waals surface area contributed by atoms with Crippen molar-refractivity contribution >= 4 is 5.91 Å². The molecule has 0 saturated carbocycles. The normalized spacial score (nSPS) is 16.5. The minimum absolute atomic E-state index is 0.0889. The van der Waals surface area contributed by atoms with E-state index < -0.39 is 0 Å². The molecule has 1 aromatic heterocycles. The smallest absolute Gasteiger partial charge is 0.254 e. The summed E-state index contributed by atoms with van der Waals surface area (Å²) in [5.41, 5.74) is 2.99. The van der Waals surface area contributed by atoms with E-state index in [1.54, 1.807) is 13.3 Å². The average molecular weight is 361 g/mol. The van der Waals surface area contributed by atoms with Gasteiger partial charge in [0, 0.05) is 24.5 Å². The zero-order chi connectivity index (χ0) is 18.6. The van der Waals surface area contributed by atoms with E-state index in [2.05, 4.69) is 11.2 Å². The van der Waals surface area contributed by atoms with E-state index in [1.807, 2.05) is 64.3 Å². The molecule has 1 unspecified atom stereocenters. The van der Waals surface area contributed by atoms with Gasteiger partial charge in [-0.05, 0) is 54.3 Å². The number of carbonyl (C=O) groups is 1. The van der Waals surface area contributed by atoms with Crippen molar-refractivity contribution in [3.05, 3.63) is 83.7 Å². The number of methoxy groups -OCH3 is 1. The summed E-state index contributed by atoms with van der Waals surface area (Å²) < 4.78 is 7.21. The average Bonchev–Trinajstić information content (AvgIpc) is 3.40. The van der Waals surface area contributed by atoms with Crippen LogP contribution in [-0.4, -0.2) is 34.2 Å². The fraction of sp³-hybridized carbons (Fsp3) is 0.273. The van der Waals surface area contributed by atoms with E-state index in [0.29, 0.717) is 6.54 Å². The van der Waals surface area contributed by atoms with Crippen molar-refractivity contribution < 1.29 is 9.53 Å². The molecule has 1 aliphatic heterocycles. The molecule has 1 fully saturated rings. The molecule has 1 saturated heterocycles. The quantitative estimate of drug-likeness (QED) is 0.692. The second kappa shape index (κ2) is 7.66. The number of amides is 1. The third-order valence-electron chi connectivity index (χ3n) is 5.10. The van der Waals surface area contributed by atoms with Gasteiger partial charge in [0.2, 0.25) is 0 Å². The molecule has 2 heterocycles. The SMILES string of the molecule is COc1cccc(C2CCCN2C(=O)c2ccc(Cn3cccn3)cc2)c1. The summed E-state index contributed by atoms with van der Waals surface area (Å²) in [7, 11) is 1.67. The molecule has 138 valence electrons. The Morgan fingerprint density at radius 1 is 1.19 bits per heavy atom. The van der Waals surface area contributed by atoms with Gasteiger partial charge < -0.3 is 9.64 Å². The van der Waals surface area contributed by atoms with Crippen molar-refractivity contribution in [3.63, 3.8) is 0 Å². The summed E-state index contributed by atoms with van der Waals surface area (Å²) in [5, 5.41) is 4.22. The molecule has 1 atom stereocenters. The second-order valence-electron chi connectivity index (χ2n) is 6.83. The summed E-state index contributed by atoms with van der Waals surface area (Å²) in [6, 6.07) is 17.9. The molecular weight excluding hydrogens is 338 g/mol. The molecule has 2 aromatic carbocycles. The molecule has 0 N–H and O–H groups in total. The standard InChI is InChI=1S/C22H23N3O2/c1-27-20-6-2-5-19(15-20)21-7-3-14-25(21)22(26)18-10-8-17(9-11-18)16-24-13-4-12-23-24/h2,4-6,8-13,15,21H,3,7,14,16H2,1H3. The first kappa shape index (κ1) is 17.3. The number of hydrogen-bond acceptors (Lipinski definition) is 3. The van der Waals surface area contributed by atoms with E-state index in [4.69, 9.17) is 4.74 Å². The first-order valence-corrected chi connectivity index (χ1v) is 9.26. The number of rotatable bonds is 5. The molecule has 1 amide bonds. The Morgan fingerprint density at radius 2 is 2.04 bits per heavy atom. The van der Waals surface area contributed by atoms with Crippen LogP contribution in [0.3, 0.4) is 0 Å². The highest BCUT2D eigenvalue weighted by molar-refractivity contribution is 5.94. The largest absolute Gasteiger partial charge is 0.497 e. The Labute approximate surface area is 159 Å². The summed E-state index contributed by atoms with van der Waals surface area (Å²) >= 11 is 0. The minimum atomic E-state index is 0.0889. The van der Waals surface area contributed by atoms with E-state index in [-0.39, 0.29) is 11.9 Å². The monoisotopic (exact) mass is 361 g/mol. The van der Waals surface area contributed by atoms with Gasteiger partial charge in [-0.15, -0.1) is 0 Å². The van der Waals surface area contributed by atoms with Crippen molar-refractivity contribution in [2.45, 2.75) is 25.4 Å². The number of hydrogen-bond donors (Lipinski definition) is 0. The molecule has 3 aromatic rings.